The van der Waals surface area contributed by atoms with Gasteiger partial charge in [-0.2, -0.15) is 0 Å². The first kappa shape index (κ1) is 17.6. The predicted octanol–water partition coefficient (Wildman–Crippen LogP) is 4.66. The predicted molar refractivity (Wildman–Crippen MR) is 102 cm³/mol. The molecule has 0 aliphatic heterocycles. The second kappa shape index (κ2) is 8.75. The summed E-state index contributed by atoms with van der Waals surface area (Å²) < 4.78 is 5.14. The highest BCUT2D eigenvalue weighted by Gasteiger charge is 2.07. The molecule has 0 aliphatic rings. The van der Waals surface area contributed by atoms with Crippen molar-refractivity contribution in [3.05, 3.63) is 59.1 Å². The standard InChI is InChI=1S/C18H21ClN2OS/c1-13(8-9-14-6-4-3-5-7-14)20-18(23)21-15-10-11-17(22-2)16(19)12-15/h3-7,10-13H,8-9H2,1-2H3,(H2,20,21,23). The van der Waals surface area contributed by atoms with Gasteiger partial charge in [0.25, 0.3) is 0 Å². The van der Waals surface area contributed by atoms with E-state index in [1.165, 1.54) is 5.56 Å². The summed E-state index contributed by atoms with van der Waals surface area (Å²) in [5, 5.41) is 7.58. The van der Waals surface area contributed by atoms with Gasteiger partial charge in [-0.3, -0.25) is 0 Å². The molecule has 0 spiro atoms. The van der Waals surface area contributed by atoms with E-state index < -0.39 is 0 Å². The normalized spacial score (nSPS) is 11.6. The average molecular weight is 349 g/mol. The Labute approximate surface area is 148 Å². The smallest absolute Gasteiger partial charge is 0.170 e. The van der Waals surface area contributed by atoms with E-state index in [0.717, 1.165) is 18.5 Å². The van der Waals surface area contributed by atoms with Gasteiger partial charge in [-0.25, -0.2) is 0 Å². The Morgan fingerprint density at radius 3 is 2.61 bits per heavy atom. The van der Waals surface area contributed by atoms with Crippen molar-refractivity contribution >= 4 is 34.6 Å². The first-order valence-corrected chi connectivity index (χ1v) is 8.32. The number of halogens is 1. The van der Waals surface area contributed by atoms with Gasteiger partial charge in [-0.05, 0) is 55.7 Å². The Hall–Kier alpha value is -1.78. The lowest BCUT2D eigenvalue weighted by Gasteiger charge is -2.17. The zero-order valence-electron chi connectivity index (χ0n) is 13.3. The van der Waals surface area contributed by atoms with Crippen LogP contribution in [-0.4, -0.2) is 18.3 Å². The van der Waals surface area contributed by atoms with Crippen LogP contribution in [0.2, 0.25) is 5.02 Å². The van der Waals surface area contributed by atoms with Gasteiger partial charge in [0, 0.05) is 11.7 Å². The molecule has 1 unspecified atom stereocenters. The van der Waals surface area contributed by atoms with E-state index in [9.17, 15) is 0 Å². The maximum absolute atomic E-state index is 6.11. The maximum atomic E-state index is 6.11. The third-order valence-corrected chi connectivity index (χ3v) is 4.01. The van der Waals surface area contributed by atoms with Crippen LogP contribution in [0.25, 0.3) is 0 Å². The number of ether oxygens (including phenoxy) is 1. The molecule has 0 aromatic heterocycles. The molecule has 0 saturated carbocycles. The van der Waals surface area contributed by atoms with Gasteiger partial charge < -0.3 is 15.4 Å². The van der Waals surface area contributed by atoms with Gasteiger partial charge >= 0.3 is 0 Å². The van der Waals surface area contributed by atoms with Gasteiger partial charge in [0.15, 0.2) is 5.11 Å². The zero-order chi connectivity index (χ0) is 16.7. The van der Waals surface area contributed by atoms with Crippen LogP contribution in [0.15, 0.2) is 48.5 Å². The van der Waals surface area contributed by atoms with E-state index in [4.69, 9.17) is 28.6 Å². The van der Waals surface area contributed by atoms with Crippen molar-refractivity contribution < 1.29 is 4.74 Å². The first-order valence-electron chi connectivity index (χ1n) is 7.53. The number of nitrogens with one attached hydrogen (secondary N) is 2. The van der Waals surface area contributed by atoms with Gasteiger partial charge in [-0.1, -0.05) is 41.9 Å². The molecular weight excluding hydrogens is 328 g/mol. The molecule has 0 heterocycles. The fourth-order valence-corrected chi connectivity index (χ4v) is 2.81. The molecule has 3 nitrogen and oxygen atoms in total. The fourth-order valence-electron chi connectivity index (χ4n) is 2.24. The summed E-state index contributed by atoms with van der Waals surface area (Å²) in [6.45, 7) is 2.12. The Bertz CT molecular complexity index is 649. The molecule has 5 heteroatoms. The highest BCUT2D eigenvalue weighted by molar-refractivity contribution is 7.80. The highest BCUT2D eigenvalue weighted by Crippen LogP contribution is 2.27. The van der Waals surface area contributed by atoms with Crippen molar-refractivity contribution in [2.75, 3.05) is 12.4 Å². The lowest BCUT2D eigenvalue weighted by molar-refractivity contribution is 0.415. The summed E-state index contributed by atoms with van der Waals surface area (Å²) >= 11 is 11.5. The molecule has 0 fully saturated rings. The van der Waals surface area contributed by atoms with E-state index in [0.29, 0.717) is 15.9 Å². The Balaban J connectivity index is 1.80. The van der Waals surface area contributed by atoms with Gasteiger partial charge in [0.05, 0.1) is 12.1 Å². The Morgan fingerprint density at radius 1 is 1.22 bits per heavy atom. The van der Waals surface area contributed by atoms with Crippen molar-refractivity contribution in [1.29, 1.82) is 0 Å². The third kappa shape index (κ3) is 5.73. The van der Waals surface area contributed by atoms with Crippen molar-refractivity contribution in [1.82, 2.24) is 5.32 Å². The van der Waals surface area contributed by atoms with Crippen LogP contribution in [0.5, 0.6) is 5.75 Å². The van der Waals surface area contributed by atoms with E-state index in [2.05, 4.69) is 41.8 Å². The van der Waals surface area contributed by atoms with Crippen molar-refractivity contribution in [2.45, 2.75) is 25.8 Å². The Morgan fingerprint density at radius 2 is 1.96 bits per heavy atom. The van der Waals surface area contributed by atoms with Crippen molar-refractivity contribution in [2.24, 2.45) is 0 Å². The van der Waals surface area contributed by atoms with Crippen LogP contribution in [0.3, 0.4) is 0 Å². The molecule has 2 rings (SSSR count). The number of benzene rings is 2. The second-order valence-corrected chi connectivity index (χ2v) is 6.19. The number of methoxy groups -OCH3 is 1. The maximum Gasteiger partial charge on any atom is 0.170 e. The van der Waals surface area contributed by atoms with E-state index in [-0.39, 0.29) is 6.04 Å². The molecule has 0 aliphatic carbocycles. The summed E-state index contributed by atoms with van der Waals surface area (Å²) in [6.07, 6.45) is 2.03. The molecule has 0 amide bonds. The fraction of sp³-hybridized carbons (Fsp3) is 0.278. The minimum atomic E-state index is 0.281. The SMILES string of the molecule is COc1ccc(NC(=S)NC(C)CCc2ccccc2)cc1Cl. The summed E-state index contributed by atoms with van der Waals surface area (Å²) in [5.41, 5.74) is 2.17. The number of hydrogen-bond donors (Lipinski definition) is 2. The summed E-state index contributed by atoms with van der Waals surface area (Å²) in [4.78, 5) is 0. The average Bonchev–Trinajstić information content (AvgIpc) is 2.54. The monoisotopic (exact) mass is 348 g/mol. The van der Waals surface area contributed by atoms with Crippen molar-refractivity contribution in [3.8, 4) is 5.75 Å². The van der Waals surface area contributed by atoms with Crippen LogP contribution in [-0.2, 0) is 6.42 Å². The molecule has 2 aromatic carbocycles. The summed E-state index contributed by atoms with van der Waals surface area (Å²) in [6, 6.07) is 16.2. The van der Waals surface area contributed by atoms with Crippen molar-refractivity contribution in [3.63, 3.8) is 0 Å². The number of thiocarbonyl (C=S) groups is 1. The molecular formula is C18H21ClN2OS. The molecule has 2 aromatic rings. The topological polar surface area (TPSA) is 33.3 Å². The second-order valence-electron chi connectivity index (χ2n) is 5.37. The third-order valence-electron chi connectivity index (χ3n) is 3.50. The molecule has 0 radical (unpaired) electrons. The number of hydrogen-bond acceptors (Lipinski definition) is 2. The molecule has 2 N–H and O–H groups in total. The largest absolute Gasteiger partial charge is 0.495 e. The van der Waals surface area contributed by atoms with Crippen LogP contribution in [0, 0.1) is 0 Å². The quantitative estimate of drug-likeness (QED) is 0.744. The van der Waals surface area contributed by atoms with Gasteiger partial charge in [0.2, 0.25) is 0 Å². The zero-order valence-corrected chi connectivity index (χ0v) is 14.9. The van der Waals surface area contributed by atoms with Gasteiger partial charge in [-0.15, -0.1) is 0 Å². The van der Waals surface area contributed by atoms with Crippen LogP contribution < -0.4 is 15.4 Å². The Kier molecular flexibility index (Phi) is 6.68. The number of aryl methyl sites for hydroxylation is 1. The summed E-state index contributed by atoms with van der Waals surface area (Å²) in [7, 11) is 1.59. The van der Waals surface area contributed by atoms with E-state index in [1.807, 2.05) is 18.2 Å². The molecule has 0 saturated heterocycles. The minimum Gasteiger partial charge on any atom is -0.495 e. The molecule has 23 heavy (non-hydrogen) atoms. The van der Waals surface area contributed by atoms with Gasteiger partial charge in [0.1, 0.15) is 5.75 Å². The lowest BCUT2D eigenvalue weighted by atomic mass is 10.1. The van der Waals surface area contributed by atoms with E-state index >= 15 is 0 Å². The number of anilines is 1. The molecule has 0 bridgehead atoms. The van der Waals surface area contributed by atoms with Crippen LogP contribution >= 0.6 is 23.8 Å². The van der Waals surface area contributed by atoms with E-state index in [1.54, 1.807) is 13.2 Å². The molecule has 122 valence electrons. The lowest BCUT2D eigenvalue weighted by Crippen LogP contribution is -2.36. The highest BCUT2D eigenvalue weighted by atomic mass is 35.5. The van der Waals surface area contributed by atoms with Crippen LogP contribution in [0.4, 0.5) is 5.69 Å². The number of rotatable bonds is 6. The molecule has 1 atom stereocenters. The summed E-state index contributed by atoms with van der Waals surface area (Å²) in [5.74, 6) is 0.646. The minimum absolute atomic E-state index is 0.281. The van der Waals surface area contributed by atoms with Crippen LogP contribution in [0.1, 0.15) is 18.9 Å². The first-order chi connectivity index (χ1) is 11.1.